The van der Waals surface area contributed by atoms with E-state index in [0.717, 1.165) is 16.9 Å². The second kappa shape index (κ2) is 5.78. The van der Waals surface area contributed by atoms with Crippen molar-refractivity contribution in [3.63, 3.8) is 0 Å². The molecule has 0 aliphatic rings. The van der Waals surface area contributed by atoms with Crippen LogP contribution in [0.2, 0.25) is 0 Å². The van der Waals surface area contributed by atoms with Gasteiger partial charge in [0.1, 0.15) is 0 Å². The van der Waals surface area contributed by atoms with Crippen LogP contribution >= 0.6 is 11.3 Å². The van der Waals surface area contributed by atoms with E-state index in [1.54, 1.807) is 6.20 Å². The third-order valence-corrected chi connectivity index (χ3v) is 3.82. The maximum atomic E-state index is 11.7. The first-order chi connectivity index (χ1) is 8.70. The van der Waals surface area contributed by atoms with Gasteiger partial charge in [0, 0.05) is 12.1 Å². The second-order valence-corrected chi connectivity index (χ2v) is 5.22. The molecule has 4 heteroatoms. The fourth-order valence-corrected chi connectivity index (χ4v) is 2.31. The maximum absolute atomic E-state index is 11.7. The van der Waals surface area contributed by atoms with Crippen LogP contribution in [0.4, 0.5) is 5.13 Å². The summed E-state index contributed by atoms with van der Waals surface area (Å²) in [5, 5.41) is 3.52. The molecular weight excluding hydrogens is 244 g/mol. The van der Waals surface area contributed by atoms with Gasteiger partial charge < -0.3 is 5.32 Å². The number of rotatable bonds is 4. The van der Waals surface area contributed by atoms with Crippen LogP contribution in [0.1, 0.15) is 20.3 Å². The SMILES string of the molecule is CC[C@@H](C)C(=O)Nc1ncc(-c2ccccc2)s1. The summed E-state index contributed by atoms with van der Waals surface area (Å²) in [5.74, 6) is 0.0561. The summed E-state index contributed by atoms with van der Waals surface area (Å²) in [4.78, 5) is 17.0. The molecule has 2 rings (SSSR count). The Kier molecular flexibility index (Phi) is 4.10. The first kappa shape index (κ1) is 12.8. The van der Waals surface area contributed by atoms with Gasteiger partial charge in [-0.05, 0) is 12.0 Å². The van der Waals surface area contributed by atoms with Gasteiger partial charge in [-0.3, -0.25) is 4.79 Å². The van der Waals surface area contributed by atoms with Crippen LogP contribution in [0.15, 0.2) is 36.5 Å². The number of hydrogen-bond acceptors (Lipinski definition) is 3. The highest BCUT2D eigenvalue weighted by atomic mass is 32.1. The molecule has 0 unspecified atom stereocenters. The van der Waals surface area contributed by atoms with Crippen LogP contribution in [0.3, 0.4) is 0 Å². The summed E-state index contributed by atoms with van der Waals surface area (Å²) < 4.78 is 0. The molecule has 1 aromatic carbocycles. The predicted octanol–water partition coefficient (Wildman–Crippen LogP) is 3.79. The molecule has 0 aliphatic heterocycles. The van der Waals surface area contributed by atoms with Crippen molar-refractivity contribution in [2.75, 3.05) is 5.32 Å². The third kappa shape index (κ3) is 2.96. The molecule has 18 heavy (non-hydrogen) atoms. The molecule has 2 aromatic rings. The first-order valence-electron chi connectivity index (χ1n) is 6.02. The van der Waals surface area contributed by atoms with Gasteiger partial charge in [0.25, 0.3) is 0 Å². The highest BCUT2D eigenvalue weighted by molar-refractivity contribution is 7.19. The Hall–Kier alpha value is -1.68. The van der Waals surface area contributed by atoms with Crippen LogP contribution in [0.25, 0.3) is 10.4 Å². The van der Waals surface area contributed by atoms with E-state index < -0.39 is 0 Å². The standard InChI is InChI=1S/C14H16N2OS/c1-3-10(2)13(17)16-14-15-9-12(18-14)11-7-5-4-6-8-11/h4-10H,3H2,1-2H3,(H,15,16,17)/t10-/m1/s1. The van der Waals surface area contributed by atoms with E-state index in [1.165, 1.54) is 11.3 Å². The number of anilines is 1. The molecule has 0 aliphatic carbocycles. The number of hydrogen-bond donors (Lipinski definition) is 1. The minimum Gasteiger partial charge on any atom is -0.302 e. The lowest BCUT2D eigenvalue weighted by Gasteiger charge is -2.06. The van der Waals surface area contributed by atoms with Crippen LogP contribution in [-0.2, 0) is 4.79 Å². The molecule has 1 atom stereocenters. The molecule has 0 saturated heterocycles. The lowest BCUT2D eigenvalue weighted by Crippen LogP contribution is -2.19. The first-order valence-corrected chi connectivity index (χ1v) is 6.84. The third-order valence-electron chi connectivity index (χ3n) is 2.85. The lowest BCUT2D eigenvalue weighted by atomic mass is 10.1. The normalized spacial score (nSPS) is 12.1. The monoisotopic (exact) mass is 260 g/mol. The highest BCUT2D eigenvalue weighted by Gasteiger charge is 2.12. The van der Waals surface area contributed by atoms with Gasteiger partial charge in [0.15, 0.2) is 5.13 Å². The zero-order chi connectivity index (χ0) is 13.0. The smallest absolute Gasteiger partial charge is 0.228 e. The van der Waals surface area contributed by atoms with Crippen molar-refractivity contribution in [2.24, 2.45) is 5.92 Å². The Morgan fingerprint density at radius 1 is 1.39 bits per heavy atom. The Labute approximate surface area is 111 Å². The van der Waals surface area contributed by atoms with Gasteiger partial charge in [-0.1, -0.05) is 55.5 Å². The molecule has 0 spiro atoms. The number of amides is 1. The van der Waals surface area contributed by atoms with Gasteiger partial charge in [0.2, 0.25) is 5.91 Å². The van der Waals surface area contributed by atoms with Gasteiger partial charge in [-0.25, -0.2) is 4.98 Å². The van der Waals surface area contributed by atoms with Gasteiger partial charge in [-0.2, -0.15) is 0 Å². The van der Waals surface area contributed by atoms with Crippen LogP contribution in [0, 0.1) is 5.92 Å². The molecule has 1 heterocycles. The molecule has 1 N–H and O–H groups in total. The van der Waals surface area contributed by atoms with Gasteiger partial charge >= 0.3 is 0 Å². The van der Waals surface area contributed by atoms with Gasteiger partial charge in [-0.15, -0.1) is 0 Å². The van der Waals surface area contributed by atoms with E-state index in [2.05, 4.69) is 10.3 Å². The number of aromatic nitrogens is 1. The minimum atomic E-state index is 0.0223. The average molecular weight is 260 g/mol. The van der Waals surface area contributed by atoms with E-state index in [9.17, 15) is 4.79 Å². The van der Waals surface area contributed by atoms with Crippen LogP contribution in [-0.4, -0.2) is 10.9 Å². The Bertz CT molecular complexity index is 522. The summed E-state index contributed by atoms with van der Waals surface area (Å²) in [6, 6.07) is 10.0. The van der Waals surface area contributed by atoms with E-state index in [4.69, 9.17) is 0 Å². The Balaban J connectivity index is 2.10. The van der Waals surface area contributed by atoms with E-state index >= 15 is 0 Å². The molecule has 0 bridgehead atoms. The zero-order valence-electron chi connectivity index (χ0n) is 10.5. The molecule has 0 saturated carbocycles. The summed E-state index contributed by atoms with van der Waals surface area (Å²) in [6.45, 7) is 3.92. The summed E-state index contributed by atoms with van der Waals surface area (Å²) in [7, 11) is 0. The quantitative estimate of drug-likeness (QED) is 0.908. The molecule has 94 valence electrons. The number of nitrogens with zero attached hydrogens (tertiary/aromatic N) is 1. The zero-order valence-corrected chi connectivity index (χ0v) is 11.3. The molecule has 0 radical (unpaired) electrons. The van der Waals surface area contributed by atoms with E-state index in [0.29, 0.717) is 5.13 Å². The predicted molar refractivity (Wildman–Crippen MR) is 75.6 cm³/mol. The van der Waals surface area contributed by atoms with Crippen molar-refractivity contribution >= 4 is 22.4 Å². The molecule has 3 nitrogen and oxygen atoms in total. The topological polar surface area (TPSA) is 42.0 Å². The van der Waals surface area contributed by atoms with Crippen LogP contribution < -0.4 is 5.32 Å². The molecule has 0 fully saturated rings. The fourth-order valence-electron chi connectivity index (χ4n) is 1.48. The summed E-state index contributed by atoms with van der Waals surface area (Å²) >= 11 is 1.50. The largest absolute Gasteiger partial charge is 0.302 e. The molecule has 1 aromatic heterocycles. The number of nitrogens with one attached hydrogen (secondary N) is 1. The summed E-state index contributed by atoms with van der Waals surface area (Å²) in [6.07, 6.45) is 2.63. The van der Waals surface area contributed by atoms with Crippen molar-refractivity contribution in [3.05, 3.63) is 36.5 Å². The van der Waals surface area contributed by atoms with Crippen molar-refractivity contribution in [3.8, 4) is 10.4 Å². The Morgan fingerprint density at radius 2 is 2.11 bits per heavy atom. The number of thiazole rings is 1. The Morgan fingerprint density at radius 3 is 2.78 bits per heavy atom. The van der Waals surface area contributed by atoms with Gasteiger partial charge in [0.05, 0.1) is 4.88 Å². The van der Waals surface area contributed by atoms with Crippen molar-refractivity contribution in [1.82, 2.24) is 4.98 Å². The highest BCUT2D eigenvalue weighted by Crippen LogP contribution is 2.28. The number of benzene rings is 1. The van der Waals surface area contributed by atoms with Crippen molar-refractivity contribution in [2.45, 2.75) is 20.3 Å². The number of carbonyl (C=O) groups is 1. The maximum Gasteiger partial charge on any atom is 0.228 e. The van der Waals surface area contributed by atoms with Crippen molar-refractivity contribution < 1.29 is 4.79 Å². The average Bonchev–Trinajstić information content (AvgIpc) is 2.87. The number of carbonyl (C=O) groups excluding carboxylic acids is 1. The van der Waals surface area contributed by atoms with E-state index in [1.807, 2.05) is 44.2 Å². The molecular formula is C14H16N2OS. The fraction of sp³-hybridized carbons (Fsp3) is 0.286. The molecule has 1 amide bonds. The van der Waals surface area contributed by atoms with Crippen LogP contribution in [0.5, 0.6) is 0 Å². The lowest BCUT2D eigenvalue weighted by molar-refractivity contribution is -0.119. The second-order valence-electron chi connectivity index (χ2n) is 4.19. The van der Waals surface area contributed by atoms with Crippen molar-refractivity contribution in [1.29, 1.82) is 0 Å². The minimum absolute atomic E-state index is 0.0223. The van der Waals surface area contributed by atoms with E-state index in [-0.39, 0.29) is 11.8 Å². The summed E-state index contributed by atoms with van der Waals surface area (Å²) in [5.41, 5.74) is 1.12.